The molecule has 1 aliphatic heterocycles. The fraction of sp³-hybridized carbons (Fsp3) is 0.182. The third-order valence-corrected chi connectivity index (χ3v) is 4.45. The highest BCUT2D eigenvalue weighted by Crippen LogP contribution is 2.30. The molecule has 1 heterocycles. The zero-order chi connectivity index (χ0) is 20.1. The molecule has 0 aliphatic carbocycles. The number of thiocarbonyl (C=S) groups is 1. The summed E-state index contributed by atoms with van der Waals surface area (Å²) in [5.74, 6) is 1.05. The lowest BCUT2D eigenvalue weighted by molar-refractivity contribution is -0.113. The number of hydrogen-bond acceptors (Lipinski definition) is 4. The first-order valence-electron chi connectivity index (χ1n) is 8.98. The summed E-state index contributed by atoms with van der Waals surface area (Å²) in [4.78, 5) is 14.4. The molecule has 6 heteroatoms. The second-order valence-electron chi connectivity index (χ2n) is 6.15. The van der Waals surface area contributed by atoms with Crippen molar-refractivity contribution in [3.05, 3.63) is 71.9 Å². The summed E-state index contributed by atoms with van der Waals surface area (Å²) >= 11 is 5.39. The van der Waals surface area contributed by atoms with Crippen molar-refractivity contribution in [3.63, 3.8) is 0 Å². The molecule has 1 fully saturated rings. The second-order valence-corrected chi connectivity index (χ2v) is 6.54. The molecule has 2 aromatic rings. The van der Waals surface area contributed by atoms with Crippen molar-refractivity contribution in [2.45, 2.75) is 13.8 Å². The minimum Gasteiger partial charge on any atom is -0.490 e. The molecule has 1 saturated heterocycles. The van der Waals surface area contributed by atoms with Crippen molar-refractivity contribution < 1.29 is 14.3 Å². The van der Waals surface area contributed by atoms with Gasteiger partial charge in [0.05, 0.1) is 12.3 Å². The van der Waals surface area contributed by atoms with Gasteiger partial charge in [-0.3, -0.25) is 9.69 Å². The minimum absolute atomic E-state index is 0.191. The Morgan fingerprint density at radius 1 is 1.18 bits per heavy atom. The van der Waals surface area contributed by atoms with Crippen LogP contribution in [-0.4, -0.2) is 24.2 Å². The number of nitrogens with one attached hydrogen (secondary N) is 1. The molecule has 0 aromatic heterocycles. The zero-order valence-corrected chi connectivity index (χ0v) is 16.7. The van der Waals surface area contributed by atoms with Gasteiger partial charge in [-0.1, -0.05) is 36.9 Å². The number of benzene rings is 2. The van der Waals surface area contributed by atoms with Crippen LogP contribution in [0.3, 0.4) is 0 Å². The molecule has 1 aliphatic rings. The van der Waals surface area contributed by atoms with E-state index >= 15 is 0 Å². The molecule has 28 heavy (non-hydrogen) atoms. The van der Waals surface area contributed by atoms with Crippen LogP contribution in [0.2, 0.25) is 0 Å². The minimum atomic E-state index is -0.191. The van der Waals surface area contributed by atoms with Gasteiger partial charge in [-0.2, -0.15) is 0 Å². The lowest BCUT2D eigenvalue weighted by Crippen LogP contribution is -2.30. The largest absolute Gasteiger partial charge is 0.490 e. The van der Waals surface area contributed by atoms with Gasteiger partial charge in [0, 0.05) is 0 Å². The van der Waals surface area contributed by atoms with Crippen molar-refractivity contribution in [1.29, 1.82) is 0 Å². The number of carbonyl (C=O) groups excluding carboxylic acids is 1. The normalized spacial score (nSPS) is 14.9. The Labute approximate surface area is 170 Å². The van der Waals surface area contributed by atoms with E-state index in [-0.39, 0.29) is 5.91 Å². The third kappa shape index (κ3) is 4.07. The van der Waals surface area contributed by atoms with Crippen molar-refractivity contribution in [3.8, 4) is 11.5 Å². The maximum atomic E-state index is 12.9. The molecule has 0 spiro atoms. The number of amides is 1. The quantitative estimate of drug-likeness (QED) is 0.433. The van der Waals surface area contributed by atoms with Gasteiger partial charge >= 0.3 is 0 Å². The van der Waals surface area contributed by atoms with Gasteiger partial charge in [0.15, 0.2) is 16.6 Å². The first-order valence-corrected chi connectivity index (χ1v) is 9.39. The van der Waals surface area contributed by atoms with Gasteiger partial charge in [-0.25, -0.2) is 0 Å². The molecule has 3 rings (SSSR count). The van der Waals surface area contributed by atoms with Crippen molar-refractivity contribution in [2.24, 2.45) is 0 Å². The highest BCUT2D eigenvalue weighted by atomic mass is 32.1. The topological polar surface area (TPSA) is 50.8 Å². The van der Waals surface area contributed by atoms with E-state index < -0.39 is 0 Å². The fourth-order valence-electron chi connectivity index (χ4n) is 2.89. The molecule has 144 valence electrons. The summed E-state index contributed by atoms with van der Waals surface area (Å²) in [7, 11) is 0. The van der Waals surface area contributed by atoms with Gasteiger partial charge in [0.2, 0.25) is 0 Å². The van der Waals surface area contributed by atoms with E-state index in [4.69, 9.17) is 21.7 Å². The lowest BCUT2D eigenvalue weighted by atomic mass is 10.1. The number of aryl methyl sites for hydroxylation is 1. The summed E-state index contributed by atoms with van der Waals surface area (Å²) in [5.41, 5.74) is 2.97. The molecule has 2 aromatic carbocycles. The van der Waals surface area contributed by atoms with Crippen LogP contribution in [0.5, 0.6) is 11.5 Å². The Kier molecular flexibility index (Phi) is 6.11. The highest BCUT2D eigenvalue weighted by molar-refractivity contribution is 7.80. The predicted octanol–water partition coefficient (Wildman–Crippen LogP) is 4.22. The molecule has 1 amide bonds. The molecule has 0 saturated carbocycles. The number of anilines is 1. The average Bonchev–Trinajstić information content (AvgIpc) is 2.95. The van der Waals surface area contributed by atoms with Crippen LogP contribution in [0.15, 0.2) is 60.8 Å². The van der Waals surface area contributed by atoms with Crippen molar-refractivity contribution in [2.75, 3.05) is 18.1 Å². The van der Waals surface area contributed by atoms with E-state index in [1.54, 1.807) is 12.2 Å². The number of rotatable bonds is 7. The highest BCUT2D eigenvalue weighted by Gasteiger charge is 2.32. The van der Waals surface area contributed by atoms with E-state index in [0.29, 0.717) is 35.5 Å². The van der Waals surface area contributed by atoms with Crippen LogP contribution < -0.4 is 19.7 Å². The standard InChI is InChI=1S/C22H22N2O3S/c1-4-12-27-19-11-10-16(14-20(19)26-5-2)13-17-21(25)24(22(28)23-17)18-9-7-6-8-15(18)3/h4,6-11,13-14H,1,5,12H2,2-3H3,(H,23,28)/b17-13-. The molecule has 1 N–H and O–H groups in total. The van der Waals surface area contributed by atoms with Crippen LogP contribution >= 0.6 is 12.2 Å². The van der Waals surface area contributed by atoms with E-state index in [1.807, 2.05) is 56.3 Å². The molecular formula is C22H22N2O3S. The van der Waals surface area contributed by atoms with E-state index in [2.05, 4.69) is 11.9 Å². The number of nitrogens with zero attached hydrogens (tertiary/aromatic N) is 1. The monoisotopic (exact) mass is 394 g/mol. The summed E-state index contributed by atoms with van der Waals surface area (Å²) in [6, 6.07) is 13.2. The Morgan fingerprint density at radius 3 is 2.68 bits per heavy atom. The first-order chi connectivity index (χ1) is 13.5. The van der Waals surface area contributed by atoms with Crippen molar-refractivity contribution in [1.82, 2.24) is 5.32 Å². The van der Waals surface area contributed by atoms with Gasteiger partial charge in [-0.05, 0) is 61.5 Å². The number of para-hydroxylation sites is 1. The van der Waals surface area contributed by atoms with E-state index in [0.717, 1.165) is 16.8 Å². The Bertz CT molecular complexity index is 953. The van der Waals surface area contributed by atoms with Crippen LogP contribution in [-0.2, 0) is 4.79 Å². The number of ether oxygens (including phenoxy) is 2. The van der Waals surface area contributed by atoms with E-state index in [9.17, 15) is 4.79 Å². The van der Waals surface area contributed by atoms with Gasteiger partial charge in [0.1, 0.15) is 12.3 Å². The summed E-state index contributed by atoms with van der Waals surface area (Å²) < 4.78 is 11.3. The van der Waals surface area contributed by atoms with Gasteiger partial charge in [0.25, 0.3) is 5.91 Å². The molecule has 0 radical (unpaired) electrons. The summed E-state index contributed by atoms with van der Waals surface area (Å²) in [6.45, 7) is 8.40. The number of hydrogen-bond donors (Lipinski definition) is 1. The molecule has 0 atom stereocenters. The summed E-state index contributed by atoms with van der Waals surface area (Å²) in [5, 5.41) is 3.37. The average molecular weight is 394 g/mol. The molecule has 0 unspecified atom stereocenters. The first kappa shape index (κ1) is 19.6. The van der Waals surface area contributed by atoms with Crippen LogP contribution in [0, 0.1) is 6.92 Å². The maximum absolute atomic E-state index is 12.9. The molecular weight excluding hydrogens is 372 g/mol. The Balaban J connectivity index is 1.90. The number of carbonyl (C=O) groups is 1. The Morgan fingerprint density at radius 2 is 1.96 bits per heavy atom. The smallest absolute Gasteiger partial charge is 0.281 e. The van der Waals surface area contributed by atoms with Gasteiger partial charge in [-0.15, -0.1) is 0 Å². The summed E-state index contributed by atoms with van der Waals surface area (Å²) in [6.07, 6.45) is 3.43. The van der Waals surface area contributed by atoms with Crippen LogP contribution in [0.25, 0.3) is 6.08 Å². The van der Waals surface area contributed by atoms with Crippen molar-refractivity contribution >= 4 is 35.0 Å². The third-order valence-electron chi connectivity index (χ3n) is 4.17. The SMILES string of the molecule is C=CCOc1ccc(/C=C2\NC(=S)N(c3ccccc3C)C2=O)cc1OCC. The fourth-order valence-corrected chi connectivity index (χ4v) is 3.18. The zero-order valence-electron chi connectivity index (χ0n) is 15.9. The van der Waals surface area contributed by atoms with Crippen LogP contribution in [0.1, 0.15) is 18.1 Å². The maximum Gasteiger partial charge on any atom is 0.281 e. The van der Waals surface area contributed by atoms with Crippen LogP contribution in [0.4, 0.5) is 5.69 Å². The predicted molar refractivity (Wildman–Crippen MR) is 116 cm³/mol. The Hall–Kier alpha value is -3.12. The second kappa shape index (κ2) is 8.71. The molecule has 0 bridgehead atoms. The van der Waals surface area contributed by atoms with Gasteiger partial charge < -0.3 is 14.8 Å². The lowest BCUT2D eigenvalue weighted by Gasteiger charge is -2.16. The van der Waals surface area contributed by atoms with E-state index in [1.165, 1.54) is 4.90 Å². The molecule has 5 nitrogen and oxygen atoms in total.